The molecule has 3 rings (SSSR count). The fourth-order valence-corrected chi connectivity index (χ4v) is 2.77. The molecule has 0 spiro atoms. The van der Waals surface area contributed by atoms with E-state index in [2.05, 4.69) is 15.5 Å². The van der Waals surface area contributed by atoms with Crippen molar-refractivity contribution in [3.05, 3.63) is 35.5 Å². The van der Waals surface area contributed by atoms with Crippen molar-refractivity contribution in [2.45, 2.75) is 19.2 Å². The van der Waals surface area contributed by atoms with Crippen molar-refractivity contribution in [2.75, 3.05) is 19.0 Å². The molecule has 1 amide bonds. The number of hydrogen-bond acceptors (Lipinski definition) is 7. The second-order valence-corrected chi connectivity index (χ2v) is 5.96. The predicted molar refractivity (Wildman–Crippen MR) is 84.5 cm³/mol. The van der Waals surface area contributed by atoms with Gasteiger partial charge in [0.2, 0.25) is 11.8 Å². The fourth-order valence-electron chi connectivity index (χ4n) is 2.08. The van der Waals surface area contributed by atoms with E-state index >= 15 is 0 Å². The van der Waals surface area contributed by atoms with Crippen LogP contribution in [0, 0.1) is 6.92 Å². The molecule has 8 heteroatoms. The van der Waals surface area contributed by atoms with Gasteiger partial charge in [0.25, 0.3) is 0 Å². The summed E-state index contributed by atoms with van der Waals surface area (Å²) in [6, 6.07) is 5.68. The number of amides is 1. The van der Waals surface area contributed by atoms with Crippen LogP contribution in [0.15, 0.2) is 22.7 Å². The third-order valence-corrected chi connectivity index (χ3v) is 4.06. The number of nitrogens with one attached hydrogen (secondary N) is 1. The molecule has 1 aromatic heterocycles. The van der Waals surface area contributed by atoms with Crippen LogP contribution in [0.5, 0.6) is 11.5 Å². The molecule has 0 bridgehead atoms. The van der Waals surface area contributed by atoms with Crippen LogP contribution in [0.3, 0.4) is 0 Å². The lowest BCUT2D eigenvalue weighted by atomic mass is 10.2. The number of thioether (sulfide) groups is 1. The topological polar surface area (TPSA) is 86.5 Å². The van der Waals surface area contributed by atoms with Gasteiger partial charge in [0, 0.05) is 13.5 Å². The van der Waals surface area contributed by atoms with E-state index in [-0.39, 0.29) is 5.91 Å². The molecule has 122 valence electrons. The number of aryl methyl sites for hydroxylation is 1. The molecule has 2 heterocycles. The van der Waals surface area contributed by atoms with Crippen molar-refractivity contribution in [1.29, 1.82) is 0 Å². The summed E-state index contributed by atoms with van der Waals surface area (Å²) in [6.07, 6.45) is 0. The first-order chi connectivity index (χ1) is 11.2. The van der Waals surface area contributed by atoms with E-state index in [0.29, 0.717) is 43.0 Å². The minimum atomic E-state index is -0.0369. The Morgan fingerprint density at radius 1 is 1.30 bits per heavy atom. The standard InChI is InChI=1S/C15H17N3O4S/c1-10-17-14(18-22-10)8-23-9-15(19)16-7-11-2-3-12-13(6-11)21-5-4-20-12/h2-3,6H,4-5,7-9H2,1H3,(H,16,19). The summed E-state index contributed by atoms with van der Waals surface area (Å²) >= 11 is 1.44. The third-order valence-electron chi connectivity index (χ3n) is 3.13. The Bertz CT molecular complexity index is 689. The minimum Gasteiger partial charge on any atom is -0.486 e. The van der Waals surface area contributed by atoms with Crippen LogP contribution in [0.25, 0.3) is 0 Å². The van der Waals surface area contributed by atoms with Crippen LogP contribution in [0.4, 0.5) is 0 Å². The molecule has 2 aromatic rings. The number of carbonyl (C=O) groups is 1. The summed E-state index contributed by atoms with van der Waals surface area (Å²) in [5.41, 5.74) is 0.974. The Morgan fingerprint density at radius 2 is 2.13 bits per heavy atom. The van der Waals surface area contributed by atoms with Gasteiger partial charge in [-0.15, -0.1) is 11.8 Å². The van der Waals surface area contributed by atoms with E-state index in [0.717, 1.165) is 17.1 Å². The maximum atomic E-state index is 11.8. The Kier molecular flexibility index (Phi) is 5.02. The van der Waals surface area contributed by atoms with Gasteiger partial charge in [-0.05, 0) is 17.7 Å². The zero-order valence-corrected chi connectivity index (χ0v) is 13.5. The second kappa shape index (κ2) is 7.36. The van der Waals surface area contributed by atoms with Gasteiger partial charge >= 0.3 is 0 Å². The van der Waals surface area contributed by atoms with E-state index in [1.807, 2.05) is 18.2 Å². The number of benzene rings is 1. The van der Waals surface area contributed by atoms with Gasteiger partial charge in [-0.2, -0.15) is 4.98 Å². The number of ether oxygens (including phenoxy) is 2. The molecule has 7 nitrogen and oxygen atoms in total. The Hall–Kier alpha value is -2.22. The zero-order valence-electron chi connectivity index (χ0n) is 12.7. The SMILES string of the molecule is Cc1nc(CSCC(=O)NCc2ccc3c(c2)OCCO3)no1. The molecular formula is C15H17N3O4S. The molecule has 1 aromatic carbocycles. The lowest BCUT2D eigenvalue weighted by Crippen LogP contribution is -2.24. The van der Waals surface area contributed by atoms with E-state index in [9.17, 15) is 4.79 Å². The lowest BCUT2D eigenvalue weighted by Gasteiger charge is -2.18. The highest BCUT2D eigenvalue weighted by Gasteiger charge is 2.12. The summed E-state index contributed by atoms with van der Waals surface area (Å²) in [7, 11) is 0. The van der Waals surface area contributed by atoms with Gasteiger partial charge in [0.1, 0.15) is 13.2 Å². The minimum absolute atomic E-state index is 0.0369. The molecule has 0 radical (unpaired) electrons. The van der Waals surface area contributed by atoms with Crippen molar-refractivity contribution in [3.63, 3.8) is 0 Å². The quantitative estimate of drug-likeness (QED) is 0.859. The molecule has 1 aliphatic rings. The Morgan fingerprint density at radius 3 is 2.91 bits per heavy atom. The van der Waals surface area contributed by atoms with E-state index < -0.39 is 0 Å². The number of hydrogen-bond donors (Lipinski definition) is 1. The van der Waals surface area contributed by atoms with Crippen LogP contribution in [0.2, 0.25) is 0 Å². The highest BCUT2D eigenvalue weighted by atomic mass is 32.2. The van der Waals surface area contributed by atoms with Crippen molar-refractivity contribution in [1.82, 2.24) is 15.5 Å². The van der Waals surface area contributed by atoms with Gasteiger partial charge in [-0.3, -0.25) is 4.79 Å². The van der Waals surface area contributed by atoms with Gasteiger partial charge < -0.3 is 19.3 Å². The normalized spacial score (nSPS) is 12.9. The van der Waals surface area contributed by atoms with Crippen LogP contribution in [-0.2, 0) is 17.1 Å². The van der Waals surface area contributed by atoms with Crippen LogP contribution in [-0.4, -0.2) is 35.0 Å². The van der Waals surface area contributed by atoms with Gasteiger partial charge in [-0.25, -0.2) is 0 Å². The van der Waals surface area contributed by atoms with Gasteiger partial charge in [0.05, 0.1) is 11.5 Å². The highest BCUT2D eigenvalue weighted by molar-refractivity contribution is 7.99. The van der Waals surface area contributed by atoms with Crippen LogP contribution in [0.1, 0.15) is 17.3 Å². The third kappa shape index (κ3) is 4.38. The monoisotopic (exact) mass is 335 g/mol. The second-order valence-electron chi connectivity index (χ2n) is 4.98. The first-order valence-electron chi connectivity index (χ1n) is 7.23. The maximum Gasteiger partial charge on any atom is 0.230 e. The first kappa shape index (κ1) is 15.7. The average molecular weight is 335 g/mol. The highest BCUT2D eigenvalue weighted by Crippen LogP contribution is 2.30. The molecular weight excluding hydrogens is 318 g/mol. The van der Waals surface area contributed by atoms with Crippen molar-refractivity contribution in [3.8, 4) is 11.5 Å². The number of nitrogens with zero attached hydrogens (tertiary/aromatic N) is 2. The molecule has 0 aliphatic carbocycles. The number of aromatic nitrogens is 2. The van der Waals surface area contributed by atoms with E-state index in [1.54, 1.807) is 6.92 Å². The number of carbonyl (C=O) groups excluding carboxylic acids is 1. The molecule has 0 atom stereocenters. The number of rotatable bonds is 6. The van der Waals surface area contributed by atoms with E-state index in [4.69, 9.17) is 14.0 Å². The van der Waals surface area contributed by atoms with Crippen LogP contribution < -0.4 is 14.8 Å². The Labute approximate surface area is 137 Å². The summed E-state index contributed by atoms with van der Waals surface area (Å²) in [5, 5.41) is 6.66. The smallest absolute Gasteiger partial charge is 0.230 e. The number of fused-ring (bicyclic) bond motifs is 1. The first-order valence-corrected chi connectivity index (χ1v) is 8.38. The summed E-state index contributed by atoms with van der Waals surface area (Å²) < 4.78 is 15.9. The molecule has 0 unspecified atom stereocenters. The molecule has 0 saturated heterocycles. The fraction of sp³-hybridized carbons (Fsp3) is 0.400. The van der Waals surface area contributed by atoms with Gasteiger partial charge in [0.15, 0.2) is 17.3 Å². The molecule has 0 fully saturated rings. The lowest BCUT2D eigenvalue weighted by molar-refractivity contribution is -0.118. The summed E-state index contributed by atoms with van der Waals surface area (Å²) in [4.78, 5) is 15.9. The zero-order chi connectivity index (χ0) is 16.1. The maximum absolute atomic E-state index is 11.8. The van der Waals surface area contributed by atoms with Gasteiger partial charge in [-0.1, -0.05) is 11.2 Å². The van der Waals surface area contributed by atoms with E-state index in [1.165, 1.54) is 11.8 Å². The summed E-state index contributed by atoms with van der Waals surface area (Å²) in [5.74, 6) is 3.47. The molecule has 1 aliphatic heterocycles. The van der Waals surface area contributed by atoms with Crippen molar-refractivity contribution in [2.24, 2.45) is 0 Å². The largest absolute Gasteiger partial charge is 0.486 e. The van der Waals surface area contributed by atoms with Crippen molar-refractivity contribution >= 4 is 17.7 Å². The Balaban J connectivity index is 1.42. The molecule has 1 N–H and O–H groups in total. The molecule has 23 heavy (non-hydrogen) atoms. The van der Waals surface area contributed by atoms with Crippen LogP contribution >= 0.6 is 11.8 Å². The summed E-state index contributed by atoms with van der Waals surface area (Å²) in [6.45, 7) is 3.31. The van der Waals surface area contributed by atoms with Crippen molar-refractivity contribution < 1.29 is 18.8 Å². The molecule has 0 saturated carbocycles. The predicted octanol–water partition coefficient (Wildman–Crippen LogP) is 1.70. The average Bonchev–Trinajstić information content (AvgIpc) is 2.98.